The Labute approximate surface area is 201 Å². The first kappa shape index (κ1) is 22.5. The van der Waals surface area contributed by atoms with E-state index in [0.29, 0.717) is 33.9 Å². The van der Waals surface area contributed by atoms with E-state index in [1.165, 1.54) is 12.4 Å². The second kappa shape index (κ2) is 9.83. The Balaban J connectivity index is 1.52. The van der Waals surface area contributed by atoms with Gasteiger partial charge in [-0.15, -0.1) is 0 Å². The van der Waals surface area contributed by atoms with Gasteiger partial charge in [-0.1, -0.05) is 47.6 Å². The van der Waals surface area contributed by atoms with Crippen molar-refractivity contribution in [3.63, 3.8) is 0 Å². The van der Waals surface area contributed by atoms with E-state index in [1.807, 2.05) is 53.9 Å². The lowest BCUT2D eigenvalue weighted by Crippen LogP contribution is -2.13. The third kappa shape index (κ3) is 4.86. The average Bonchev–Trinajstić information content (AvgIpc) is 3.22. The zero-order chi connectivity index (χ0) is 22.7. The summed E-state index contributed by atoms with van der Waals surface area (Å²) >= 11 is 18.1. The van der Waals surface area contributed by atoms with Crippen LogP contribution in [0.1, 0.15) is 22.5 Å². The number of hydrogen-bond donors (Lipinski definition) is 1. The molecule has 1 aromatic carbocycles. The summed E-state index contributed by atoms with van der Waals surface area (Å²) in [5, 5.41) is 8.60. The first-order chi connectivity index (χ1) is 15.5. The summed E-state index contributed by atoms with van der Waals surface area (Å²) in [4.78, 5) is 4.45. The molecule has 0 radical (unpaired) electrons. The molecule has 0 unspecified atom stereocenters. The first-order valence-electron chi connectivity index (χ1n) is 9.75. The van der Waals surface area contributed by atoms with Gasteiger partial charge in [-0.05, 0) is 42.8 Å². The van der Waals surface area contributed by atoms with Gasteiger partial charge in [0.2, 0.25) is 0 Å². The molecule has 0 saturated heterocycles. The SMILES string of the molecule is COc1ccc(COCc2cc3c(C(=S)Nc4c(Cl)cncc4Cl)ccc(C)n3n2)cc1. The van der Waals surface area contributed by atoms with Gasteiger partial charge in [0, 0.05) is 23.7 Å². The normalized spacial score (nSPS) is 11.0. The number of benzene rings is 1. The van der Waals surface area contributed by atoms with Gasteiger partial charge in [0.05, 0.1) is 47.3 Å². The molecule has 32 heavy (non-hydrogen) atoms. The molecule has 0 atom stereocenters. The molecule has 164 valence electrons. The summed E-state index contributed by atoms with van der Waals surface area (Å²) < 4.78 is 12.9. The van der Waals surface area contributed by atoms with Crippen molar-refractivity contribution in [2.45, 2.75) is 20.1 Å². The van der Waals surface area contributed by atoms with Crippen molar-refractivity contribution < 1.29 is 9.47 Å². The second-order valence-electron chi connectivity index (χ2n) is 7.09. The van der Waals surface area contributed by atoms with Gasteiger partial charge in [0.1, 0.15) is 10.7 Å². The maximum absolute atomic E-state index is 6.22. The fraction of sp³-hybridized carbons (Fsp3) is 0.174. The number of methoxy groups -OCH3 is 1. The van der Waals surface area contributed by atoms with Gasteiger partial charge in [0.15, 0.2) is 0 Å². The molecule has 0 fully saturated rings. The van der Waals surface area contributed by atoms with E-state index < -0.39 is 0 Å². The minimum Gasteiger partial charge on any atom is -0.497 e. The summed E-state index contributed by atoms with van der Waals surface area (Å²) in [7, 11) is 1.65. The highest BCUT2D eigenvalue weighted by Gasteiger charge is 2.15. The van der Waals surface area contributed by atoms with Crippen molar-refractivity contribution in [3.8, 4) is 5.75 Å². The average molecular weight is 487 g/mol. The molecule has 0 bridgehead atoms. The maximum atomic E-state index is 6.22. The standard InChI is InChI=1S/C23H20Cl2N4O2S/c1-14-3-8-18(23(32)27-22-19(24)10-26-11-20(22)25)21-9-16(28-29(14)21)13-31-12-15-4-6-17(30-2)7-5-15/h3-11H,12-13H2,1-2H3,(H,26,27,32). The van der Waals surface area contributed by atoms with Crippen LogP contribution in [0.4, 0.5) is 5.69 Å². The number of pyridine rings is 2. The Morgan fingerprint density at radius 3 is 2.47 bits per heavy atom. The van der Waals surface area contributed by atoms with Crippen LogP contribution in [0.2, 0.25) is 10.0 Å². The predicted octanol–water partition coefficient (Wildman–Crippen LogP) is 5.86. The minimum absolute atomic E-state index is 0.370. The van der Waals surface area contributed by atoms with Gasteiger partial charge < -0.3 is 14.8 Å². The highest BCUT2D eigenvalue weighted by Crippen LogP contribution is 2.30. The highest BCUT2D eigenvalue weighted by atomic mass is 35.5. The van der Waals surface area contributed by atoms with E-state index in [9.17, 15) is 0 Å². The van der Waals surface area contributed by atoms with Crippen LogP contribution in [-0.4, -0.2) is 26.7 Å². The van der Waals surface area contributed by atoms with Crippen molar-refractivity contribution in [3.05, 3.63) is 87.4 Å². The summed E-state index contributed by atoms with van der Waals surface area (Å²) in [5.74, 6) is 0.816. The van der Waals surface area contributed by atoms with Crippen LogP contribution < -0.4 is 10.1 Å². The second-order valence-corrected chi connectivity index (χ2v) is 8.32. The van der Waals surface area contributed by atoms with E-state index in [4.69, 9.17) is 44.9 Å². The Kier molecular flexibility index (Phi) is 6.91. The summed E-state index contributed by atoms with van der Waals surface area (Å²) in [6.45, 7) is 2.83. The molecule has 3 aromatic heterocycles. The fourth-order valence-corrected chi connectivity index (χ4v) is 3.95. The van der Waals surface area contributed by atoms with E-state index >= 15 is 0 Å². The number of anilines is 1. The van der Waals surface area contributed by atoms with Crippen molar-refractivity contribution in [2.75, 3.05) is 12.4 Å². The van der Waals surface area contributed by atoms with Crippen LogP contribution >= 0.6 is 35.4 Å². The zero-order valence-corrected chi connectivity index (χ0v) is 19.8. The lowest BCUT2D eigenvalue weighted by Gasteiger charge is -2.12. The van der Waals surface area contributed by atoms with Crippen LogP contribution in [-0.2, 0) is 18.0 Å². The molecular weight excluding hydrogens is 467 g/mol. The lowest BCUT2D eigenvalue weighted by atomic mass is 10.2. The molecule has 4 rings (SSSR count). The summed E-state index contributed by atoms with van der Waals surface area (Å²) in [6.07, 6.45) is 3.03. The van der Waals surface area contributed by atoms with Crippen LogP contribution in [0.3, 0.4) is 0 Å². The van der Waals surface area contributed by atoms with Crippen LogP contribution in [0, 0.1) is 6.92 Å². The fourth-order valence-electron chi connectivity index (χ4n) is 3.22. The van der Waals surface area contributed by atoms with Crippen molar-refractivity contribution in [1.82, 2.24) is 14.6 Å². The molecule has 0 amide bonds. The molecule has 1 N–H and O–H groups in total. The number of thiocarbonyl (C=S) groups is 1. The summed E-state index contributed by atoms with van der Waals surface area (Å²) in [5.41, 5.74) is 5.04. The highest BCUT2D eigenvalue weighted by molar-refractivity contribution is 7.81. The number of halogens is 2. The lowest BCUT2D eigenvalue weighted by molar-refractivity contribution is 0.104. The number of nitrogens with zero attached hydrogens (tertiary/aromatic N) is 3. The van der Waals surface area contributed by atoms with E-state index in [2.05, 4.69) is 15.4 Å². The molecule has 0 aliphatic rings. The third-order valence-corrected chi connectivity index (χ3v) is 5.77. The van der Waals surface area contributed by atoms with Crippen molar-refractivity contribution in [2.24, 2.45) is 0 Å². The quantitative estimate of drug-likeness (QED) is 0.330. The number of hydrogen-bond acceptors (Lipinski definition) is 5. The number of rotatable bonds is 7. The van der Waals surface area contributed by atoms with Crippen molar-refractivity contribution >= 4 is 51.6 Å². The maximum Gasteiger partial charge on any atom is 0.118 e. The molecule has 4 aromatic rings. The predicted molar refractivity (Wildman–Crippen MR) is 131 cm³/mol. The molecule has 9 heteroatoms. The van der Waals surface area contributed by atoms with Gasteiger partial charge >= 0.3 is 0 Å². The van der Waals surface area contributed by atoms with E-state index in [1.54, 1.807) is 7.11 Å². The third-order valence-electron chi connectivity index (χ3n) is 4.88. The first-order valence-corrected chi connectivity index (χ1v) is 10.9. The minimum atomic E-state index is 0.370. The van der Waals surface area contributed by atoms with Gasteiger partial charge in [0.25, 0.3) is 0 Å². The number of aryl methyl sites for hydroxylation is 1. The zero-order valence-electron chi connectivity index (χ0n) is 17.4. The molecule has 0 aliphatic heterocycles. The number of aromatic nitrogens is 3. The smallest absolute Gasteiger partial charge is 0.118 e. The number of fused-ring (bicyclic) bond motifs is 1. The number of nitrogens with one attached hydrogen (secondary N) is 1. The Bertz CT molecular complexity index is 1250. The van der Waals surface area contributed by atoms with Gasteiger partial charge in [-0.3, -0.25) is 4.98 Å². The Hall–Kier alpha value is -2.71. The Morgan fingerprint density at radius 1 is 1.06 bits per heavy atom. The van der Waals surface area contributed by atoms with Crippen LogP contribution in [0.25, 0.3) is 5.52 Å². The van der Waals surface area contributed by atoms with Gasteiger partial charge in [-0.25, -0.2) is 4.52 Å². The Morgan fingerprint density at radius 2 is 1.78 bits per heavy atom. The molecular formula is C23H20Cl2N4O2S. The number of ether oxygens (including phenoxy) is 2. The molecule has 0 saturated carbocycles. The van der Waals surface area contributed by atoms with Gasteiger partial charge in [-0.2, -0.15) is 5.10 Å². The van der Waals surface area contributed by atoms with Crippen LogP contribution in [0.5, 0.6) is 5.75 Å². The van der Waals surface area contributed by atoms with Crippen LogP contribution in [0.15, 0.2) is 54.9 Å². The monoisotopic (exact) mass is 486 g/mol. The largest absolute Gasteiger partial charge is 0.497 e. The molecule has 3 heterocycles. The van der Waals surface area contributed by atoms with E-state index in [0.717, 1.165) is 33.8 Å². The molecule has 0 aliphatic carbocycles. The molecule has 6 nitrogen and oxygen atoms in total. The summed E-state index contributed by atoms with van der Waals surface area (Å²) in [6, 6.07) is 13.7. The molecule has 0 spiro atoms. The topological polar surface area (TPSA) is 60.7 Å². The van der Waals surface area contributed by atoms with E-state index in [-0.39, 0.29) is 0 Å². The van der Waals surface area contributed by atoms with Crippen molar-refractivity contribution in [1.29, 1.82) is 0 Å².